The minimum absolute atomic E-state index is 0.394. The Bertz CT molecular complexity index is 1130. The first-order valence-electron chi connectivity index (χ1n) is 9.10. The summed E-state index contributed by atoms with van der Waals surface area (Å²) in [5.74, 6) is 0. The molecule has 0 saturated carbocycles. The number of para-hydroxylation sites is 2. The maximum Gasteiger partial charge on any atom is 0.0929 e. The van der Waals surface area contributed by atoms with Crippen molar-refractivity contribution in [1.82, 2.24) is 14.5 Å². The summed E-state index contributed by atoms with van der Waals surface area (Å²) in [4.78, 5) is 8.47. The van der Waals surface area contributed by atoms with Gasteiger partial charge in [-0.15, -0.1) is 0 Å². The third kappa shape index (κ3) is 2.28. The van der Waals surface area contributed by atoms with Gasteiger partial charge in [0.25, 0.3) is 0 Å². The molecule has 2 aromatic carbocycles. The highest BCUT2D eigenvalue weighted by Crippen LogP contribution is 2.41. The normalized spacial score (nSPS) is 11.9. The first-order chi connectivity index (χ1) is 13.3. The van der Waals surface area contributed by atoms with Crippen LogP contribution >= 0.6 is 0 Å². The summed E-state index contributed by atoms with van der Waals surface area (Å²) in [6.45, 7) is 2.27. The van der Waals surface area contributed by atoms with Gasteiger partial charge < -0.3 is 4.57 Å². The third-order valence-corrected chi connectivity index (χ3v) is 5.51. The van der Waals surface area contributed by atoms with Crippen molar-refractivity contribution >= 4 is 21.8 Å². The van der Waals surface area contributed by atoms with Crippen LogP contribution in [0.3, 0.4) is 0 Å². The van der Waals surface area contributed by atoms with Crippen LogP contribution in [0.15, 0.2) is 97.6 Å². The highest BCUT2D eigenvalue weighted by Gasteiger charge is 2.33. The molecule has 5 aromatic rings. The van der Waals surface area contributed by atoms with Crippen molar-refractivity contribution in [3.05, 3.63) is 109 Å². The fraction of sp³-hybridized carbons (Fsp3) is 0.0833. The molecule has 0 saturated heterocycles. The van der Waals surface area contributed by atoms with E-state index in [-0.39, 0.29) is 0 Å². The van der Waals surface area contributed by atoms with Gasteiger partial charge in [-0.05, 0) is 54.4 Å². The van der Waals surface area contributed by atoms with Gasteiger partial charge in [0, 0.05) is 35.6 Å². The molecule has 0 aliphatic carbocycles. The number of aromatic nitrogens is 3. The molecule has 0 aliphatic heterocycles. The molecule has 3 nitrogen and oxygen atoms in total. The summed E-state index contributed by atoms with van der Waals surface area (Å²) in [5.41, 5.74) is 4.42. The fourth-order valence-corrected chi connectivity index (χ4v) is 4.18. The lowest BCUT2D eigenvalue weighted by Crippen LogP contribution is -2.32. The Balaban J connectivity index is 1.97. The highest BCUT2D eigenvalue weighted by molar-refractivity contribution is 6.08. The molecule has 0 spiro atoms. The van der Waals surface area contributed by atoms with E-state index in [0.29, 0.717) is 0 Å². The Morgan fingerprint density at radius 3 is 1.44 bits per heavy atom. The van der Waals surface area contributed by atoms with Crippen LogP contribution in [0.25, 0.3) is 21.8 Å². The molecule has 3 aromatic heterocycles. The minimum atomic E-state index is -0.394. The van der Waals surface area contributed by atoms with E-state index in [0.717, 1.165) is 0 Å². The molecule has 0 bridgehead atoms. The lowest BCUT2D eigenvalue weighted by atomic mass is 9.85. The van der Waals surface area contributed by atoms with Crippen LogP contribution in [0.1, 0.15) is 18.1 Å². The van der Waals surface area contributed by atoms with Crippen molar-refractivity contribution in [1.29, 1.82) is 0 Å². The first kappa shape index (κ1) is 15.8. The molecule has 0 atom stereocenters. The molecule has 3 heteroatoms. The minimum Gasteiger partial charge on any atom is -0.326 e. The maximum atomic E-state index is 4.24. The zero-order valence-corrected chi connectivity index (χ0v) is 15.1. The topological polar surface area (TPSA) is 30.7 Å². The highest BCUT2D eigenvalue weighted by atomic mass is 15.1. The fourth-order valence-electron chi connectivity index (χ4n) is 4.18. The van der Waals surface area contributed by atoms with Crippen molar-refractivity contribution in [2.24, 2.45) is 0 Å². The monoisotopic (exact) mass is 349 g/mol. The Morgan fingerprint density at radius 2 is 1.00 bits per heavy atom. The number of benzene rings is 2. The van der Waals surface area contributed by atoms with Crippen molar-refractivity contribution in [3.63, 3.8) is 0 Å². The molecular weight excluding hydrogens is 330 g/mol. The smallest absolute Gasteiger partial charge is 0.0929 e. The van der Waals surface area contributed by atoms with E-state index in [4.69, 9.17) is 0 Å². The molecule has 0 aliphatic rings. The van der Waals surface area contributed by atoms with Gasteiger partial charge in [-0.1, -0.05) is 36.4 Å². The van der Waals surface area contributed by atoms with Gasteiger partial charge in [-0.3, -0.25) is 9.97 Å². The van der Waals surface area contributed by atoms with Crippen LogP contribution in [0.2, 0.25) is 0 Å². The SMILES string of the molecule is CC(c1ccncc1)(c1ccncc1)n1c2ccccc2c2ccccc21. The molecule has 5 rings (SSSR count). The molecule has 0 N–H and O–H groups in total. The van der Waals surface area contributed by atoms with Crippen molar-refractivity contribution in [2.75, 3.05) is 0 Å². The van der Waals surface area contributed by atoms with Crippen molar-refractivity contribution < 1.29 is 0 Å². The Hall–Kier alpha value is -3.46. The maximum absolute atomic E-state index is 4.24. The molecule has 27 heavy (non-hydrogen) atoms. The summed E-state index contributed by atoms with van der Waals surface area (Å²) in [7, 11) is 0. The van der Waals surface area contributed by atoms with Crippen LogP contribution < -0.4 is 0 Å². The van der Waals surface area contributed by atoms with Gasteiger partial charge in [-0.25, -0.2) is 0 Å². The third-order valence-electron chi connectivity index (χ3n) is 5.51. The Kier molecular flexibility index (Phi) is 3.54. The van der Waals surface area contributed by atoms with E-state index >= 15 is 0 Å². The van der Waals surface area contributed by atoms with Crippen molar-refractivity contribution in [2.45, 2.75) is 12.5 Å². The van der Waals surface area contributed by atoms with Crippen LogP contribution in [0.4, 0.5) is 0 Å². The van der Waals surface area contributed by atoms with E-state index in [1.807, 2.05) is 24.8 Å². The average Bonchev–Trinajstić information content (AvgIpc) is 3.09. The summed E-state index contributed by atoms with van der Waals surface area (Å²) < 4.78 is 2.45. The average molecular weight is 349 g/mol. The summed E-state index contributed by atoms with van der Waals surface area (Å²) in [6, 6.07) is 25.6. The number of hydrogen-bond acceptors (Lipinski definition) is 2. The van der Waals surface area contributed by atoms with Gasteiger partial charge >= 0.3 is 0 Å². The zero-order valence-electron chi connectivity index (χ0n) is 15.1. The predicted molar refractivity (Wildman–Crippen MR) is 110 cm³/mol. The number of nitrogens with zero attached hydrogens (tertiary/aromatic N) is 3. The number of rotatable bonds is 3. The lowest BCUT2D eigenvalue weighted by Gasteiger charge is -2.34. The van der Waals surface area contributed by atoms with E-state index in [1.54, 1.807) is 0 Å². The standard InChI is InChI=1S/C24H19N3/c1-24(18-10-14-25-15-11-18,19-12-16-26-17-13-19)27-22-8-4-2-6-20(22)21-7-3-5-9-23(21)27/h2-17H,1H3. The first-order valence-corrected chi connectivity index (χ1v) is 9.10. The van der Waals surface area contributed by atoms with E-state index in [9.17, 15) is 0 Å². The molecule has 3 heterocycles. The number of pyridine rings is 2. The Morgan fingerprint density at radius 1 is 0.593 bits per heavy atom. The second-order valence-electron chi connectivity index (χ2n) is 6.91. The quantitative estimate of drug-likeness (QED) is 0.437. The summed E-state index contributed by atoms with van der Waals surface area (Å²) in [6.07, 6.45) is 7.45. The Labute approximate surface area is 157 Å². The summed E-state index contributed by atoms with van der Waals surface area (Å²) >= 11 is 0. The van der Waals surface area contributed by atoms with Crippen LogP contribution in [-0.4, -0.2) is 14.5 Å². The lowest BCUT2D eigenvalue weighted by molar-refractivity contribution is 0.506. The van der Waals surface area contributed by atoms with Crippen LogP contribution in [-0.2, 0) is 5.54 Å². The van der Waals surface area contributed by atoms with E-state index in [2.05, 4.69) is 94.3 Å². The molecule has 0 amide bonds. The molecule has 0 radical (unpaired) electrons. The molecular formula is C24H19N3. The van der Waals surface area contributed by atoms with Gasteiger partial charge in [-0.2, -0.15) is 0 Å². The van der Waals surface area contributed by atoms with Gasteiger partial charge in [0.05, 0.1) is 16.6 Å². The second kappa shape index (κ2) is 6.06. The molecule has 130 valence electrons. The predicted octanol–water partition coefficient (Wildman–Crippen LogP) is 5.40. The zero-order chi connectivity index (χ0) is 18.3. The van der Waals surface area contributed by atoms with Gasteiger partial charge in [0.15, 0.2) is 0 Å². The van der Waals surface area contributed by atoms with E-state index < -0.39 is 5.54 Å². The largest absolute Gasteiger partial charge is 0.326 e. The second-order valence-corrected chi connectivity index (χ2v) is 6.91. The van der Waals surface area contributed by atoms with Crippen LogP contribution in [0, 0.1) is 0 Å². The van der Waals surface area contributed by atoms with Gasteiger partial charge in [0.2, 0.25) is 0 Å². The number of fused-ring (bicyclic) bond motifs is 3. The van der Waals surface area contributed by atoms with Crippen LogP contribution in [0.5, 0.6) is 0 Å². The summed E-state index contributed by atoms with van der Waals surface area (Å²) in [5, 5.41) is 2.53. The van der Waals surface area contributed by atoms with Gasteiger partial charge in [0.1, 0.15) is 0 Å². The van der Waals surface area contributed by atoms with E-state index in [1.165, 1.54) is 32.9 Å². The number of hydrogen-bond donors (Lipinski definition) is 0. The molecule has 0 unspecified atom stereocenters. The molecule has 0 fully saturated rings. The van der Waals surface area contributed by atoms with Crippen molar-refractivity contribution in [3.8, 4) is 0 Å².